The summed E-state index contributed by atoms with van der Waals surface area (Å²) in [5.41, 5.74) is 0.0991. The van der Waals surface area contributed by atoms with Crippen LogP contribution in [0.25, 0.3) is 0 Å². The number of carbonyl (C=O) groups excluding carboxylic acids is 1. The van der Waals surface area contributed by atoms with Gasteiger partial charge in [-0.2, -0.15) is 0 Å². The van der Waals surface area contributed by atoms with Gasteiger partial charge >= 0.3 is 0 Å². The summed E-state index contributed by atoms with van der Waals surface area (Å²) in [6.45, 7) is 10.9. The molecule has 2 N–H and O–H groups in total. The van der Waals surface area contributed by atoms with E-state index in [-0.39, 0.29) is 11.3 Å². The molecule has 0 aliphatic carbocycles. The number of hydrogen-bond acceptors (Lipinski definition) is 3. The van der Waals surface area contributed by atoms with E-state index < -0.39 is 0 Å². The Bertz CT molecular complexity index is 228. The molecule has 108 valence electrons. The predicted molar refractivity (Wildman–Crippen MR) is 75.7 cm³/mol. The Balaban J connectivity index is 3.63. The highest BCUT2D eigenvalue weighted by molar-refractivity contribution is 5.75. The van der Waals surface area contributed by atoms with E-state index in [0.29, 0.717) is 19.0 Å². The van der Waals surface area contributed by atoms with Crippen LogP contribution >= 0.6 is 0 Å². The van der Waals surface area contributed by atoms with Crippen molar-refractivity contribution in [1.82, 2.24) is 10.6 Å². The molecule has 4 heteroatoms. The summed E-state index contributed by atoms with van der Waals surface area (Å²) in [6, 6.07) is 0.487. The molecule has 0 aromatic heterocycles. The van der Waals surface area contributed by atoms with Crippen molar-refractivity contribution in [1.29, 1.82) is 0 Å². The van der Waals surface area contributed by atoms with Gasteiger partial charge in [0.25, 0.3) is 0 Å². The Hall–Kier alpha value is -0.610. The van der Waals surface area contributed by atoms with Gasteiger partial charge < -0.3 is 15.4 Å². The van der Waals surface area contributed by atoms with Crippen LogP contribution in [0.5, 0.6) is 0 Å². The molecule has 0 atom stereocenters. The Morgan fingerprint density at radius 1 is 1.33 bits per heavy atom. The van der Waals surface area contributed by atoms with E-state index in [1.54, 1.807) is 7.11 Å². The highest BCUT2D eigenvalue weighted by atomic mass is 16.5. The third kappa shape index (κ3) is 10.5. The van der Waals surface area contributed by atoms with E-state index in [1.807, 2.05) is 0 Å². The topological polar surface area (TPSA) is 50.4 Å². The highest BCUT2D eigenvalue weighted by Gasteiger charge is 2.18. The van der Waals surface area contributed by atoms with Gasteiger partial charge in [-0.3, -0.25) is 4.79 Å². The first-order chi connectivity index (χ1) is 8.37. The minimum atomic E-state index is 0.0991. The molecule has 0 bridgehead atoms. The normalized spacial score (nSPS) is 11.9. The smallest absolute Gasteiger partial charge is 0.220 e. The molecule has 0 fully saturated rings. The third-order valence-corrected chi connectivity index (χ3v) is 2.88. The summed E-state index contributed by atoms with van der Waals surface area (Å²) in [4.78, 5) is 11.6. The lowest BCUT2D eigenvalue weighted by Gasteiger charge is -2.24. The Labute approximate surface area is 112 Å². The van der Waals surface area contributed by atoms with Crippen LogP contribution in [0.2, 0.25) is 0 Å². The van der Waals surface area contributed by atoms with Gasteiger partial charge in [-0.05, 0) is 24.8 Å². The summed E-state index contributed by atoms with van der Waals surface area (Å²) in [7, 11) is 1.70. The quantitative estimate of drug-likeness (QED) is 0.589. The molecule has 0 aromatic carbocycles. The molecule has 4 nitrogen and oxygen atoms in total. The maximum absolute atomic E-state index is 11.6. The summed E-state index contributed by atoms with van der Waals surface area (Å²) < 4.78 is 5.07. The number of rotatable bonds is 10. The lowest BCUT2D eigenvalue weighted by Crippen LogP contribution is -2.35. The average molecular weight is 258 g/mol. The van der Waals surface area contributed by atoms with Crippen LogP contribution in [0.4, 0.5) is 0 Å². The van der Waals surface area contributed by atoms with Crippen LogP contribution < -0.4 is 10.6 Å². The summed E-state index contributed by atoms with van der Waals surface area (Å²) in [5.74, 6) is 0.144. The van der Waals surface area contributed by atoms with Crippen molar-refractivity contribution in [3.63, 3.8) is 0 Å². The van der Waals surface area contributed by atoms with Gasteiger partial charge in [-0.15, -0.1) is 0 Å². The maximum Gasteiger partial charge on any atom is 0.220 e. The van der Waals surface area contributed by atoms with Crippen LogP contribution in [0.15, 0.2) is 0 Å². The second-order valence-electron chi connectivity index (χ2n) is 5.90. The van der Waals surface area contributed by atoms with Crippen molar-refractivity contribution < 1.29 is 9.53 Å². The Morgan fingerprint density at radius 3 is 2.56 bits per heavy atom. The molecule has 0 heterocycles. The zero-order chi connectivity index (χ0) is 14.0. The first kappa shape index (κ1) is 17.4. The second-order valence-corrected chi connectivity index (χ2v) is 5.90. The fourth-order valence-electron chi connectivity index (χ4n) is 1.53. The maximum atomic E-state index is 11.6. The number of methoxy groups -OCH3 is 1. The first-order valence-electron chi connectivity index (χ1n) is 6.86. The Kier molecular flexibility index (Phi) is 9.02. The van der Waals surface area contributed by atoms with E-state index in [0.717, 1.165) is 26.0 Å². The fourth-order valence-corrected chi connectivity index (χ4v) is 1.53. The van der Waals surface area contributed by atoms with Crippen molar-refractivity contribution in [3.05, 3.63) is 0 Å². The molecule has 0 aromatic rings. The van der Waals surface area contributed by atoms with Gasteiger partial charge in [0.05, 0.1) is 0 Å². The number of amides is 1. The van der Waals surface area contributed by atoms with Crippen LogP contribution in [0.3, 0.4) is 0 Å². The number of carbonyl (C=O) groups is 1. The van der Waals surface area contributed by atoms with E-state index in [9.17, 15) is 4.79 Å². The molecule has 0 radical (unpaired) electrons. The van der Waals surface area contributed by atoms with Gasteiger partial charge in [0.15, 0.2) is 0 Å². The Morgan fingerprint density at radius 2 is 2.00 bits per heavy atom. The molecule has 18 heavy (non-hydrogen) atoms. The standard InChI is InChI=1S/C14H30N2O2/c1-12(2)15-9-6-7-13(17)16-11-14(3,4)8-10-18-5/h12,15H,6-11H2,1-5H3,(H,16,17). The third-order valence-electron chi connectivity index (χ3n) is 2.88. The molecular weight excluding hydrogens is 228 g/mol. The van der Waals surface area contributed by atoms with Crippen molar-refractivity contribution >= 4 is 5.91 Å². The van der Waals surface area contributed by atoms with Gasteiger partial charge in [0.2, 0.25) is 5.91 Å². The zero-order valence-electron chi connectivity index (χ0n) is 12.6. The molecule has 0 saturated carbocycles. The molecule has 0 saturated heterocycles. The average Bonchev–Trinajstić information content (AvgIpc) is 2.29. The zero-order valence-corrected chi connectivity index (χ0v) is 12.6. The van der Waals surface area contributed by atoms with Gasteiger partial charge in [-0.25, -0.2) is 0 Å². The van der Waals surface area contributed by atoms with Gasteiger partial charge in [0, 0.05) is 32.7 Å². The highest BCUT2D eigenvalue weighted by Crippen LogP contribution is 2.18. The van der Waals surface area contributed by atoms with Crippen molar-refractivity contribution in [2.75, 3.05) is 26.8 Å². The summed E-state index contributed by atoms with van der Waals surface area (Å²) >= 11 is 0. The lowest BCUT2D eigenvalue weighted by atomic mass is 9.89. The van der Waals surface area contributed by atoms with E-state index in [1.165, 1.54) is 0 Å². The lowest BCUT2D eigenvalue weighted by molar-refractivity contribution is -0.121. The van der Waals surface area contributed by atoms with Crippen molar-refractivity contribution in [3.8, 4) is 0 Å². The minimum Gasteiger partial charge on any atom is -0.385 e. The minimum absolute atomic E-state index is 0.0991. The van der Waals surface area contributed by atoms with E-state index in [4.69, 9.17) is 4.74 Å². The number of hydrogen-bond donors (Lipinski definition) is 2. The molecule has 0 unspecified atom stereocenters. The predicted octanol–water partition coefficient (Wildman–Crippen LogP) is 1.94. The van der Waals surface area contributed by atoms with Crippen LogP contribution in [-0.2, 0) is 9.53 Å². The van der Waals surface area contributed by atoms with Crippen LogP contribution in [-0.4, -0.2) is 38.8 Å². The summed E-state index contributed by atoms with van der Waals surface area (Å²) in [6.07, 6.45) is 2.45. The van der Waals surface area contributed by atoms with Gasteiger partial charge in [0.1, 0.15) is 0 Å². The fraction of sp³-hybridized carbons (Fsp3) is 0.929. The van der Waals surface area contributed by atoms with Crippen LogP contribution in [0.1, 0.15) is 47.0 Å². The monoisotopic (exact) mass is 258 g/mol. The van der Waals surface area contributed by atoms with Gasteiger partial charge in [-0.1, -0.05) is 27.7 Å². The molecule has 0 aliphatic rings. The largest absolute Gasteiger partial charge is 0.385 e. The molecule has 0 spiro atoms. The van der Waals surface area contributed by atoms with Crippen molar-refractivity contribution in [2.45, 2.75) is 53.0 Å². The number of ether oxygens (including phenoxy) is 1. The molecular formula is C14H30N2O2. The molecule has 1 amide bonds. The first-order valence-corrected chi connectivity index (χ1v) is 6.86. The molecule has 0 rings (SSSR count). The molecule has 0 aliphatic heterocycles. The summed E-state index contributed by atoms with van der Waals surface area (Å²) in [5, 5.41) is 6.30. The second kappa shape index (κ2) is 9.34. The van der Waals surface area contributed by atoms with E-state index in [2.05, 4.69) is 38.3 Å². The van der Waals surface area contributed by atoms with E-state index >= 15 is 0 Å². The SMILES string of the molecule is COCCC(C)(C)CNC(=O)CCCNC(C)C. The number of nitrogens with one attached hydrogen (secondary N) is 2. The van der Waals surface area contributed by atoms with Crippen molar-refractivity contribution in [2.24, 2.45) is 5.41 Å². The van der Waals surface area contributed by atoms with Crippen LogP contribution in [0, 0.1) is 5.41 Å².